The van der Waals surface area contributed by atoms with Gasteiger partial charge in [0.15, 0.2) is 0 Å². The summed E-state index contributed by atoms with van der Waals surface area (Å²) in [5, 5.41) is 5.94. The highest BCUT2D eigenvalue weighted by molar-refractivity contribution is 5.15. The van der Waals surface area contributed by atoms with E-state index in [1.807, 2.05) is 6.92 Å². The lowest BCUT2D eigenvalue weighted by atomic mass is 10.2. The third-order valence-electron chi connectivity index (χ3n) is 1.39. The highest BCUT2D eigenvalue weighted by Gasteiger charge is 1.93. The quantitative estimate of drug-likeness (QED) is 0.618. The Labute approximate surface area is 70.8 Å². The number of nitrogens with one attached hydrogen (secondary N) is 1. The van der Waals surface area contributed by atoms with Crippen molar-refractivity contribution in [1.29, 1.82) is 0 Å². The number of aromatic nitrogens is 2. The summed E-state index contributed by atoms with van der Waals surface area (Å²) in [7, 11) is 0. The molecule has 1 aromatic heterocycles. The van der Waals surface area contributed by atoms with E-state index in [2.05, 4.69) is 22.0 Å². The molecule has 0 saturated carbocycles. The fraction of sp³-hybridized carbons (Fsp3) is 0.333. The second-order valence-corrected chi connectivity index (χ2v) is 2.29. The van der Waals surface area contributed by atoms with Gasteiger partial charge in [-0.3, -0.25) is 4.79 Å². The number of hydrogen-bond donors (Lipinski definition) is 1. The molecule has 3 nitrogen and oxygen atoms in total. The average Bonchev–Trinajstić information content (AvgIpc) is 2.09. The molecular formula is C9H10N2O. The molecule has 0 radical (unpaired) electrons. The van der Waals surface area contributed by atoms with E-state index < -0.39 is 0 Å². The van der Waals surface area contributed by atoms with Crippen molar-refractivity contribution < 1.29 is 0 Å². The first-order chi connectivity index (χ1) is 5.84. The van der Waals surface area contributed by atoms with Crippen LogP contribution in [0.4, 0.5) is 0 Å². The Bertz CT molecular complexity index is 357. The van der Waals surface area contributed by atoms with Crippen LogP contribution in [0.25, 0.3) is 0 Å². The van der Waals surface area contributed by atoms with Crippen LogP contribution in [0.3, 0.4) is 0 Å². The molecule has 0 unspecified atom stereocenters. The van der Waals surface area contributed by atoms with Crippen LogP contribution in [-0.2, 0) is 6.42 Å². The van der Waals surface area contributed by atoms with Gasteiger partial charge in [-0.05, 0) is 6.07 Å². The maximum atomic E-state index is 11.0. The van der Waals surface area contributed by atoms with Crippen LogP contribution in [0.1, 0.15) is 18.9 Å². The number of H-pyrrole nitrogens is 1. The topological polar surface area (TPSA) is 45.8 Å². The van der Waals surface area contributed by atoms with Gasteiger partial charge in [0.05, 0.1) is 0 Å². The predicted octanol–water partition coefficient (Wildman–Crippen LogP) is 0.726. The molecule has 0 aliphatic heterocycles. The van der Waals surface area contributed by atoms with Crippen LogP contribution < -0.4 is 5.56 Å². The van der Waals surface area contributed by atoms with Gasteiger partial charge in [-0.25, -0.2) is 5.10 Å². The minimum atomic E-state index is -0.150. The molecule has 1 aromatic rings. The van der Waals surface area contributed by atoms with Crippen molar-refractivity contribution >= 4 is 0 Å². The average molecular weight is 162 g/mol. The van der Waals surface area contributed by atoms with E-state index in [1.54, 1.807) is 12.3 Å². The second kappa shape index (κ2) is 4.35. The molecule has 0 aliphatic carbocycles. The van der Waals surface area contributed by atoms with Gasteiger partial charge in [-0.1, -0.05) is 12.8 Å². The van der Waals surface area contributed by atoms with E-state index in [-0.39, 0.29) is 5.56 Å². The Morgan fingerprint density at radius 1 is 1.58 bits per heavy atom. The zero-order valence-corrected chi connectivity index (χ0v) is 6.92. The zero-order chi connectivity index (χ0) is 8.81. The molecule has 0 saturated heterocycles. The summed E-state index contributed by atoms with van der Waals surface area (Å²) in [6.45, 7) is 1.98. The number of aromatic amines is 1. The van der Waals surface area contributed by atoms with Crippen molar-refractivity contribution in [2.45, 2.75) is 19.8 Å². The summed E-state index contributed by atoms with van der Waals surface area (Å²) in [6, 6.07) is 1.68. The first-order valence-electron chi connectivity index (χ1n) is 3.83. The normalized spacial score (nSPS) is 8.75. The smallest absolute Gasteiger partial charge is 0.268 e. The van der Waals surface area contributed by atoms with Crippen molar-refractivity contribution in [3.63, 3.8) is 0 Å². The zero-order valence-electron chi connectivity index (χ0n) is 6.92. The van der Waals surface area contributed by atoms with Crippen molar-refractivity contribution in [3.8, 4) is 11.8 Å². The van der Waals surface area contributed by atoms with Crippen molar-refractivity contribution in [3.05, 3.63) is 28.2 Å². The second-order valence-electron chi connectivity index (χ2n) is 2.29. The largest absolute Gasteiger partial charge is 0.268 e. The Morgan fingerprint density at radius 3 is 3.08 bits per heavy atom. The number of rotatable bonds is 1. The Balaban J connectivity index is 2.76. The van der Waals surface area contributed by atoms with Gasteiger partial charge in [-0.2, -0.15) is 5.10 Å². The lowest BCUT2D eigenvalue weighted by Gasteiger charge is -1.89. The Hall–Kier alpha value is -1.56. The first-order valence-corrected chi connectivity index (χ1v) is 3.83. The van der Waals surface area contributed by atoms with Gasteiger partial charge < -0.3 is 0 Å². The van der Waals surface area contributed by atoms with Crippen LogP contribution >= 0.6 is 0 Å². The fourth-order valence-electron chi connectivity index (χ4n) is 0.793. The van der Waals surface area contributed by atoms with Gasteiger partial charge in [0.2, 0.25) is 0 Å². The monoisotopic (exact) mass is 162 g/mol. The van der Waals surface area contributed by atoms with Gasteiger partial charge in [0.25, 0.3) is 5.56 Å². The molecular weight excluding hydrogens is 152 g/mol. The van der Waals surface area contributed by atoms with Crippen molar-refractivity contribution in [1.82, 2.24) is 10.2 Å². The molecule has 12 heavy (non-hydrogen) atoms. The molecule has 3 heteroatoms. The summed E-state index contributed by atoms with van der Waals surface area (Å²) < 4.78 is 0. The van der Waals surface area contributed by atoms with Crippen molar-refractivity contribution in [2.75, 3.05) is 0 Å². The summed E-state index contributed by atoms with van der Waals surface area (Å²) in [4.78, 5) is 11.0. The van der Waals surface area contributed by atoms with Crippen LogP contribution in [-0.4, -0.2) is 10.2 Å². The Morgan fingerprint density at radius 2 is 2.42 bits per heavy atom. The van der Waals surface area contributed by atoms with E-state index >= 15 is 0 Å². The SMILES string of the molecule is CCC#CCc1ccn[nH]c1=O. The van der Waals surface area contributed by atoms with E-state index in [1.165, 1.54) is 0 Å². The van der Waals surface area contributed by atoms with E-state index in [0.29, 0.717) is 12.0 Å². The van der Waals surface area contributed by atoms with E-state index in [4.69, 9.17) is 0 Å². The van der Waals surface area contributed by atoms with Crippen LogP contribution in [0, 0.1) is 11.8 Å². The standard InChI is InChI=1S/C9H10N2O/c1-2-3-4-5-8-6-7-10-11-9(8)12/h6-7H,2,5H2,1H3,(H,11,12). The summed E-state index contributed by atoms with van der Waals surface area (Å²) >= 11 is 0. The molecule has 0 amide bonds. The molecule has 0 bridgehead atoms. The van der Waals surface area contributed by atoms with Gasteiger partial charge in [0, 0.05) is 24.6 Å². The number of nitrogens with zero attached hydrogens (tertiary/aromatic N) is 1. The molecule has 0 fully saturated rings. The maximum absolute atomic E-state index is 11.0. The summed E-state index contributed by atoms with van der Waals surface area (Å²) in [6.07, 6.45) is 2.89. The molecule has 0 atom stereocenters. The highest BCUT2D eigenvalue weighted by atomic mass is 16.1. The van der Waals surface area contributed by atoms with Gasteiger partial charge in [-0.15, -0.1) is 5.92 Å². The molecule has 1 heterocycles. The molecule has 0 spiro atoms. The van der Waals surface area contributed by atoms with Crippen molar-refractivity contribution in [2.24, 2.45) is 0 Å². The minimum absolute atomic E-state index is 0.150. The van der Waals surface area contributed by atoms with Gasteiger partial charge in [0.1, 0.15) is 0 Å². The van der Waals surface area contributed by atoms with Gasteiger partial charge >= 0.3 is 0 Å². The summed E-state index contributed by atoms with van der Waals surface area (Å²) in [5.41, 5.74) is 0.522. The maximum Gasteiger partial charge on any atom is 0.268 e. The highest BCUT2D eigenvalue weighted by Crippen LogP contribution is 1.87. The predicted molar refractivity (Wildman–Crippen MR) is 46.6 cm³/mol. The summed E-state index contributed by atoms with van der Waals surface area (Å²) in [5.74, 6) is 5.80. The third-order valence-corrected chi connectivity index (χ3v) is 1.39. The van der Waals surface area contributed by atoms with E-state index in [0.717, 1.165) is 6.42 Å². The fourth-order valence-corrected chi connectivity index (χ4v) is 0.793. The lowest BCUT2D eigenvalue weighted by Crippen LogP contribution is -2.12. The Kier molecular flexibility index (Phi) is 3.09. The molecule has 1 N–H and O–H groups in total. The first kappa shape index (κ1) is 8.54. The molecule has 1 rings (SSSR count). The van der Waals surface area contributed by atoms with Crippen LogP contribution in [0.15, 0.2) is 17.1 Å². The third kappa shape index (κ3) is 2.24. The van der Waals surface area contributed by atoms with Crippen LogP contribution in [0.5, 0.6) is 0 Å². The number of hydrogen-bond acceptors (Lipinski definition) is 2. The molecule has 0 aliphatic rings. The molecule has 62 valence electrons. The van der Waals surface area contributed by atoms with E-state index in [9.17, 15) is 4.79 Å². The van der Waals surface area contributed by atoms with Crippen LogP contribution in [0.2, 0.25) is 0 Å². The lowest BCUT2D eigenvalue weighted by molar-refractivity contribution is 0.958. The minimum Gasteiger partial charge on any atom is -0.268 e. The molecule has 0 aromatic carbocycles.